The van der Waals surface area contributed by atoms with Crippen molar-refractivity contribution in [2.75, 3.05) is 6.54 Å². The Balaban J connectivity index is 1.42. The van der Waals surface area contributed by atoms with Crippen molar-refractivity contribution in [3.8, 4) is 5.75 Å². The van der Waals surface area contributed by atoms with Crippen LogP contribution in [0, 0.1) is 5.41 Å². The van der Waals surface area contributed by atoms with E-state index in [2.05, 4.69) is 29.6 Å². The van der Waals surface area contributed by atoms with Gasteiger partial charge in [-0.3, -0.25) is 0 Å². The maximum Gasteiger partial charge on any atom is 0.123 e. The first-order valence-corrected chi connectivity index (χ1v) is 8.81. The summed E-state index contributed by atoms with van der Waals surface area (Å²) in [4.78, 5) is 0. The summed E-state index contributed by atoms with van der Waals surface area (Å²) in [6.45, 7) is 1.22. The van der Waals surface area contributed by atoms with E-state index in [4.69, 9.17) is 4.74 Å². The summed E-state index contributed by atoms with van der Waals surface area (Å²) < 4.78 is 6.23. The molecule has 0 radical (unpaired) electrons. The lowest BCUT2D eigenvalue weighted by atomic mass is 9.70. The highest BCUT2D eigenvalue weighted by Crippen LogP contribution is 2.43. The molecule has 2 fully saturated rings. The fourth-order valence-corrected chi connectivity index (χ4v) is 4.25. The standard InChI is InChI=1S/C19H27NO/c1-4-10-19(11-5-1,14-20-16-8-9-16)13-17-12-15-6-2-3-7-18(15)21-17/h2-3,6-7,16-17,20H,1,4-5,8-14H2. The van der Waals surface area contributed by atoms with Gasteiger partial charge in [-0.05, 0) is 49.1 Å². The van der Waals surface area contributed by atoms with Crippen molar-refractivity contribution < 1.29 is 4.74 Å². The van der Waals surface area contributed by atoms with E-state index < -0.39 is 0 Å². The molecule has 2 saturated carbocycles. The van der Waals surface area contributed by atoms with Crippen molar-refractivity contribution in [3.05, 3.63) is 29.8 Å². The largest absolute Gasteiger partial charge is 0.490 e. The molecule has 1 heterocycles. The summed E-state index contributed by atoms with van der Waals surface area (Å²) in [5, 5.41) is 3.81. The molecule has 1 aromatic rings. The number of rotatable bonds is 5. The van der Waals surface area contributed by atoms with Crippen LogP contribution in [0.2, 0.25) is 0 Å². The fourth-order valence-electron chi connectivity index (χ4n) is 4.25. The molecular weight excluding hydrogens is 258 g/mol. The summed E-state index contributed by atoms with van der Waals surface area (Å²) in [6, 6.07) is 9.41. The smallest absolute Gasteiger partial charge is 0.123 e. The van der Waals surface area contributed by atoms with Gasteiger partial charge in [0, 0.05) is 19.0 Å². The highest BCUT2D eigenvalue weighted by molar-refractivity contribution is 5.37. The maximum atomic E-state index is 6.23. The first kappa shape index (κ1) is 13.6. The Kier molecular flexibility index (Phi) is 3.66. The molecule has 2 aliphatic carbocycles. The third-order valence-corrected chi connectivity index (χ3v) is 5.63. The van der Waals surface area contributed by atoms with Crippen molar-refractivity contribution in [1.29, 1.82) is 0 Å². The Labute approximate surface area is 128 Å². The van der Waals surface area contributed by atoms with E-state index in [-0.39, 0.29) is 0 Å². The number of hydrogen-bond donors (Lipinski definition) is 1. The molecule has 2 heteroatoms. The molecule has 1 aromatic carbocycles. The summed E-state index contributed by atoms with van der Waals surface area (Å²) in [5.74, 6) is 1.13. The first-order valence-electron chi connectivity index (χ1n) is 8.81. The zero-order valence-electron chi connectivity index (χ0n) is 12.9. The second kappa shape index (κ2) is 5.64. The van der Waals surface area contributed by atoms with Gasteiger partial charge in [-0.1, -0.05) is 37.5 Å². The van der Waals surface area contributed by atoms with Crippen LogP contribution in [0.4, 0.5) is 0 Å². The average Bonchev–Trinajstić information content (AvgIpc) is 3.25. The number of para-hydroxylation sites is 1. The number of fused-ring (bicyclic) bond motifs is 1. The minimum Gasteiger partial charge on any atom is -0.490 e. The third-order valence-electron chi connectivity index (χ3n) is 5.63. The van der Waals surface area contributed by atoms with E-state index in [1.165, 1.54) is 63.5 Å². The van der Waals surface area contributed by atoms with Crippen molar-refractivity contribution in [2.45, 2.75) is 69.9 Å². The number of benzene rings is 1. The zero-order chi connectivity index (χ0) is 14.1. The summed E-state index contributed by atoms with van der Waals surface area (Å²) in [5.41, 5.74) is 1.90. The molecule has 0 amide bonds. The van der Waals surface area contributed by atoms with Crippen molar-refractivity contribution in [1.82, 2.24) is 5.32 Å². The van der Waals surface area contributed by atoms with Crippen LogP contribution in [-0.2, 0) is 6.42 Å². The fraction of sp³-hybridized carbons (Fsp3) is 0.684. The van der Waals surface area contributed by atoms with Crippen molar-refractivity contribution in [2.24, 2.45) is 5.41 Å². The van der Waals surface area contributed by atoms with Crippen molar-refractivity contribution >= 4 is 0 Å². The Morgan fingerprint density at radius 2 is 1.90 bits per heavy atom. The van der Waals surface area contributed by atoms with Gasteiger partial charge in [0.25, 0.3) is 0 Å². The Morgan fingerprint density at radius 3 is 2.67 bits per heavy atom. The quantitative estimate of drug-likeness (QED) is 0.880. The normalized spacial score (nSPS) is 27.1. The molecule has 1 aliphatic heterocycles. The summed E-state index contributed by atoms with van der Waals surface area (Å²) in [6.07, 6.45) is 12.6. The second-order valence-corrected chi connectivity index (χ2v) is 7.47. The Morgan fingerprint density at radius 1 is 1.10 bits per heavy atom. The predicted molar refractivity (Wildman–Crippen MR) is 85.7 cm³/mol. The van der Waals surface area contributed by atoms with Gasteiger partial charge in [0.2, 0.25) is 0 Å². The molecule has 0 saturated heterocycles. The number of ether oxygens (including phenoxy) is 1. The molecule has 0 aromatic heterocycles. The van der Waals surface area contributed by atoms with Crippen LogP contribution < -0.4 is 10.1 Å². The molecule has 0 spiro atoms. The van der Waals surface area contributed by atoms with E-state index >= 15 is 0 Å². The molecule has 4 rings (SSSR count). The maximum absolute atomic E-state index is 6.23. The van der Waals surface area contributed by atoms with E-state index in [1.54, 1.807) is 0 Å². The molecule has 1 N–H and O–H groups in total. The minimum atomic E-state index is 0.404. The topological polar surface area (TPSA) is 21.3 Å². The third kappa shape index (κ3) is 3.11. The van der Waals surface area contributed by atoms with Crippen LogP contribution >= 0.6 is 0 Å². The highest BCUT2D eigenvalue weighted by Gasteiger charge is 2.38. The lowest BCUT2D eigenvalue weighted by molar-refractivity contribution is 0.0943. The van der Waals surface area contributed by atoms with Crippen LogP contribution in [0.15, 0.2) is 24.3 Å². The van der Waals surface area contributed by atoms with Gasteiger partial charge in [-0.25, -0.2) is 0 Å². The van der Waals surface area contributed by atoms with E-state index in [1.807, 2.05) is 0 Å². The van der Waals surface area contributed by atoms with Crippen LogP contribution in [0.1, 0.15) is 56.9 Å². The van der Waals surface area contributed by atoms with Crippen LogP contribution in [-0.4, -0.2) is 18.7 Å². The Bertz CT molecular complexity index is 463. The van der Waals surface area contributed by atoms with Gasteiger partial charge >= 0.3 is 0 Å². The molecular formula is C19H27NO. The summed E-state index contributed by atoms with van der Waals surface area (Å²) in [7, 11) is 0. The molecule has 114 valence electrons. The van der Waals surface area contributed by atoms with Gasteiger partial charge in [-0.15, -0.1) is 0 Å². The van der Waals surface area contributed by atoms with Gasteiger partial charge in [0.1, 0.15) is 11.9 Å². The molecule has 0 bridgehead atoms. The molecule has 2 nitrogen and oxygen atoms in total. The van der Waals surface area contributed by atoms with Crippen LogP contribution in [0.5, 0.6) is 5.75 Å². The van der Waals surface area contributed by atoms with Gasteiger partial charge < -0.3 is 10.1 Å². The number of nitrogens with one attached hydrogen (secondary N) is 1. The predicted octanol–water partition coefficient (Wildman–Crippen LogP) is 4.08. The van der Waals surface area contributed by atoms with Gasteiger partial charge in [-0.2, -0.15) is 0 Å². The number of hydrogen-bond acceptors (Lipinski definition) is 2. The molecule has 3 aliphatic rings. The van der Waals surface area contributed by atoms with E-state index in [0.29, 0.717) is 11.5 Å². The average molecular weight is 285 g/mol. The van der Waals surface area contributed by atoms with Crippen molar-refractivity contribution in [3.63, 3.8) is 0 Å². The Hall–Kier alpha value is -1.02. The molecule has 21 heavy (non-hydrogen) atoms. The van der Waals surface area contributed by atoms with Crippen LogP contribution in [0.25, 0.3) is 0 Å². The minimum absolute atomic E-state index is 0.404. The lowest BCUT2D eigenvalue weighted by Crippen LogP contribution is -2.40. The molecule has 1 atom stereocenters. The summed E-state index contributed by atoms with van der Waals surface area (Å²) >= 11 is 0. The monoisotopic (exact) mass is 285 g/mol. The second-order valence-electron chi connectivity index (χ2n) is 7.47. The van der Waals surface area contributed by atoms with Gasteiger partial charge in [0.15, 0.2) is 0 Å². The zero-order valence-corrected chi connectivity index (χ0v) is 12.9. The lowest BCUT2D eigenvalue weighted by Gasteiger charge is -2.39. The molecule has 1 unspecified atom stereocenters. The van der Waals surface area contributed by atoms with Gasteiger partial charge in [0.05, 0.1) is 0 Å². The van der Waals surface area contributed by atoms with Crippen LogP contribution in [0.3, 0.4) is 0 Å². The van der Waals surface area contributed by atoms with E-state index in [9.17, 15) is 0 Å². The SMILES string of the molecule is c1ccc2c(c1)CC(CC1(CNC3CC3)CCCCC1)O2. The highest BCUT2D eigenvalue weighted by atomic mass is 16.5. The first-order chi connectivity index (χ1) is 10.3. The van der Waals surface area contributed by atoms with E-state index in [0.717, 1.165) is 18.2 Å².